The molecule has 4 heteroatoms. The molecule has 0 saturated heterocycles. The molecule has 0 aliphatic heterocycles. The molecule has 4 nitrogen and oxygen atoms in total. The summed E-state index contributed by atoms with van der Waals surface area (Å²) >= 11 is 0. The van der Waals surface area contributed by atoms with E-state index in [9.17, 15) is 4.79 Å². The Balaban J connectivity index is 2.17. The van der Waals surface area contributed by atoms with Crippen LogP contribution in [0.1, 0.15) is 25.7 Å². The fraction of sp³-hybridized carbons (Fsp3) is 0.750. The maximum atomic E-state index is 10.8. The molecule has 1 fully saturated rings. The molecule has 0 heterocycles. The van der Waals surface area contributed by atoms with Gasteiger partial charge in [0.05, 0.1) is 12.5 Å². The van der Waals surface area contributed by atoms with E-state index in [-0.39, 0.29) is 5.92 Å². The van der Waals surface area contributed by atoms with Crippen LogP contribution in [0.4, 0.5) is 0 Å². The van der Waals surface area contributed by atoms with Crippen molar-refractivity contribution >= 4 is 5.97 Å². The van der Waals surface area contributed by atoms with E-state index in [0.29, 0.717) is 12.5 Å². The van der Waals surface area contributed by atoms with Crippen molar-refractivity contribution < 1.29 is 14.6 Å². The third kappa shape index (κ3) is 4.23. The Kier molecular flexibility index (Phi) is 5.32. The average Bonchev–Trinajstić information content (AvgIpc) is 2.27. The Bertz CT molecular complexity index is 245. The quantitative estimate of drug-likeness (QED) is 0.724. The number of hydrogen-bond donors (Lipinski definition) is 2. The van der Waals surface area contributed by atoms with Gasteiger partial charge in [-0.3, -0.25) is 4.79 Å². The molecule has 0 atom stereocenters. The smallest absolute Gasteiger partial charge is 0.306 e. The van der Waals surface area contributed by atoms with Crippen molar-refractivity contribution in [3.63, 3.8) is 0 Å². The highest BCUT2D eigenvalue weighted by atomic mass is 16.5. The van der Waals surface area contributed by atoms with Crippen molar-refractivity contribution in [3.05, 3.63) is 12.3 Å². The second-order valence-corrected chi connectivity index (χ2v) is 4.47. The van der Waals surface area contributed by atoms with E-state index >= 15 is 0 Å². The molecule has 92 valence electrons. The number of hydrogen-bond acceptors (Lipinski definition) is 3. The molecule has 2 N–H and O–H groups in total. The molecule has 0 aromatic carbocycles. The van der Waals surface area contributed by atoms with Gasteiger partial charge in [-0.05, 0) is 31.6 Å². The number of carboxylic acids is 1. The van der Waals surface area contributed by atoms with Crippen LogP contribution in [0.3, 0.4) is 0 Å². The molecule has 0 bridgehead atoms. The molecule has 0 aromatic heterocycles. The topological polar surface area (TPSA) is 58.6 Å². The summed E-state index contributed by atoms with van der Waals surface area (Å²) in [4.78, 5) is 10.8. The summed E-state index contributed by atoms with van der Waals surface area (Å²) < 4.78 is 4.95. The molecule has 1 aliphatic carbocycles. The van der Waals surface area contributed by atoms with Gasteiger partial charge in [0, 0.05) is 19.4 Å². The van der Waals surface area contributed by atoms with Gasteiger partial charge in [0.1, 0.15) is 0 Å². The van der Waals surface area contributed by atoms with Gasteiger partial charge in [0.25, 0.3) is 0 Å². The first-order valence-electron chi connectivity index (χ1n) is 5.77. The number of aliphatic carboxylic acids is 1. The van der Waals surface area contributed by atoms with Gasteiger partial charge in [-0.1, -0.05) is 6.58 Å². The molecule has 0 radical (unpaired) electrons. The van der Waals surface area contributed by atoms with Crippen molar-refractivity contribution in [2.75, 3.05) is 20.3 Å². The molecule has 1 saturated carbocycles. The predicted molar refractivity (Wildman–Crippen MR) is 62.1 cm³/mol. The lowest BCUT2D eigenvalue weighted by Gasteiger charge is -2.26. The summed E-state index contributed by atoms with van der Waals surface area (Å²) in [6.45, 7) is 5.26. The van der Waals surface area contributed by atoms with Gasteiger partial charge >= 0.3 is 5.97 Å². The van der Waals surface area contributed by atoms with E-state index < -0.39 is 5.97 Å². The van der Waals surface area contributed by atoms with E-state index in [4.69, 9.17) is 9.84 Å². The second-order valence-electron chi connectivity index (χ2n) is 4.47. The lowest BCUT2D eigenvalue weighted by Crippen LogP contribution is -2.29. The molecule has 0 spiro atoms. The highest BCUT2D eigenvalue weighted by molar-refractivity contribution is 5.69. The standard InChI is InChI=1S/C12H21NO3/c1-9(8-16-2)13-7-10-3-5-11(6-4-10)12(14)15/h10-11,13H,1,3-8H2,2H3,(H,14,15). The minimum Gasteiger partial charge on any atom is -0.481 e. The molecular weight excluding hydrogens is 206 g/mol. The summed E-state index contributed by atoms with van der Waals surface area (Å²) in [6, 6.07) is 0. The molecular formula is C12H21NO3. The summed E-state index contributed by atoms with van der Waals surface area (Å²) in [5.74, 6) is -0.196. The van der Waals surface area contributed by atoms with E-state index in [1.165, 1.54) is 0 Å². The Morgan fingerprint density at radius 2 is 2.06 bits per heavy atom. The Morgan fingerprint density at radius 1 is 1.44 bits per heavy atom. The minimum atomic E-state index is -0.643. The number of carboxylic acid groups (broad SMARTS) is 1. The first-order chi connectivity index (χ1) is 7.63. The van der Waals surface area contributed by atoms with Crippen LogP contribution in [-0.4, -0.2) is 31.3 Å². The highest BCUT2D eigenvalue weighted by Crippen LogP contribution is 2.28. The number of methoxy groups -OCH3 is 1. The Labute approximate surface area is 96.7 Å². The number of carbonyl (C=O) groups is 1. The van der Waals surface area contributed by atoms with Crippen molar-refractivity contribution in [1.29, 1.82) is 0 Å². The van der Waals surface area contributed by atoms with Gasteiger partial charge in [-0.2, -0.15) is 0 Å². The van der Waals surface area contributed by atoms with Crippen molar-refractivity contribution in [2.45, 2.75) is 25.7 Å². The lowest BCUT2D eigenvalue weighted by atomic mass is 9.82. The van der Waals surface area contributed by atoms with Crippen LogP contribution < -0.4 is 5.32 Å². The summed E-state index contributed by atoms with van der Waals surface area (Å²) in [5, 5.41) is 12.1. The maximum Gasteiger partial charge on any atom is 0.306 e. The summed E-state index contributed by atoms with van der Waals surface area (Å²) in [6.07, 6.45) is 3.59. The number of rotatable bonds is 6. The van der Waals surface area contributed by atoms with Crippen LogP contribution in [0.25, 0.3) is 0 Å². The van der Waals surface area contributed by atoms with Crippen LogP contribution in [-0.2, 0) is 9.53 Å². The van der Waals surface area contributed by atoms with E-state index in [1.807, 2.05) is 0 Å². The van der Waals surface area contributed by atoms with Gasteiger partial charge in [-0.15, -0.1) is 0 Å². The normalized spacial score (nSPS) is 25.1. The monoisotopic (exact) mass is 227 g/mol. The zero-order valence-electron chi connectivity index (χ0n) is 9.87. The fourth-order valence-electron chi connectivity index (χ4n) is 2.13. The van der Waals surface area contributed by atoms with Crippen molar-refractivity contribution in [3.8, 4) is 0 Å². The molecule has 1 rings (SSSR count). The van der Waals surface area contributed by atoms with Crippen LogP contribution in [0.15, 0.2) is 12.3 Å². The van der Waals surface area contributed by atoms with Gasteiger partial charge in [-0.25, -0.2) is 0 Å². The van der Waals surface area contributed by atoms with E-state index in [1.54, 1.807) is 7.11 Å². The van der Waals surface area contributed by atoms with E-state index in [0.717, 1.165) is 37.9 Å². The largest absolute Gasteiger partial charge is 0.481 e. The summed E-state index contributed by atoms with van der Waals surface area (Å²) in [5.41, 5.74) is 0.892. The van der Waals surface area contributed by atoms with Crippen molar-refractivity contribution in [2.24, 2.45) is 11.8 Å². The first-order valence-corrected chi connectivity index (χ1v) is 5.77. The predicted octanol–water partition coefficient (Wildman–Crippen LogP) is 1.63. The molecule has 0 unspecified atom stereocenters. The minimum absolute atomic E-state index is 0.126. The van der Waals surface area contributed by atoms with Crippen LogP contribution in [0.5, 0.6) is 0 Å². The second kappa shape index (κ2) is 6.53. The Hall–Kier alpha value is -1.03. The zero-order chi connectivity index (χ0) is 12.0. The van der Waals surface area contributed by atoms with Crippen LogP contribution in [0.2, 0.25) is 0 Å². The first kappa shape index (κ1) is 13.0. The van der Waals surface area contributed by atoms with Gasteiger partial charge in [0.15, 0.2) is 0 Å². The number of nitrogens with one attached hydrogen (secondary N) is 1. The van der Waals surface area contributed by atoms with Crippen molar-refractivity contribution in [1.82, 2.24) is 5.32 Å². The highest BCUT2D eigenvalue weighted by Gasteiger charge is 2.25. The summed E-state index contributed by atoms with van der Waals surface area (Å²) in [7, 11) is 1.64. The molecule has 16 heavy (non-hydrogen) atoms. The molecule has 1 aliphatic rings. The molecule has 0 amide bonds. The maximum absolute atomic E-state index is 10.8. The third-order valence-corrected chi connectivity index (χ3v) is 3.16. The van der Waals surface area contributed by atoms with Crippen LogP contribution >= 0.6 is 0 Å². The Morgan fingerprint density at radius 3 is 2.56 bits per heavy atom. The zero-order valence-corrected chi connectivity index (χ0v) is 9.87. The lowest BCUT2D eigenvalue weighted by molar-refractivity contribution is -0.143. The van der Waals surface area contributed by atoms with Crippen LogP contribution in [0, 0.1) is 11.8 Å². The van der Waals surface area contributed by atoms with Gasteiger partial charge < -0.3 is 15.2 Å². The third-order valence-electron chi connectivity index (χ3n) is 3.16. The molecule has 0 aromatic rings. The number of ether oxygens (including phenoxy) is 1. The fourth-order valence-corrected chi connectivity index (χ4v) is 2.13. The van der Waals surface area contributed by atoms with Gasteiger partial charge in [0.2, 0.25) is 0 Å². The van der Waals surface area contributed by atoms with E-state index in [2.05, 4.69) is 11.9 Å². The SMILES string of the molecule is C=C(COC)NCC1CCC(C(=O)O)CC1. The average molecular weight is 227 g/mol.